The van der Waals surface area contributed by atoms with Crippen molar-refractivity contribution in [2.24, 2.45) is 0 Å². The van der Waals surface area contributed by atoms with Crippen molar-refractivity contribution >= 4 is 10.9 Å². The Morgan fingerprint density at radius 1 is 1.03 bits per heavy atom. The Bertz CT molecular complexity index is 1270. The smallest absolute Gasteiger partial charge is 0.247 e. The molecule has 0 radical (unpaired) electrons. The summed E-state index contributed by atoms with van der Waals surface area (Å²) in [5.74, 6) is 2.98. The lowest BCUT2D eigenvalue weighted by Gasteiger charge is -2.12. The van der Waals surface area contributed by atoms with E-state index in [1.807, 2.05) is 18.2 Å². The molecule has 3 heterocycles. The molecule has 1 unspecified atom stereocenters. The maximum Gasteiger partial charge on any atom is 0.247 e. The van der Waals surface area contributed by atoms with E-state index in [-0.39, 0.29) is 0 Å². The summed E-state index contributed by atoms with van der Waals surface area (Å²) in [7, 11) is 3.30. The molecule has 1 aliphatic rings. The second-order valence-electron chi connectivity index (χ2n) is 8.90. The molecule has 33 heavy (non-hydrogen) atoms. The molecule has 2 N–H and O–H groups in total. The highest BCUT2D eigenvalue weighted by Crippen LogP contribution is 2.40. The second kappa shape index (κ2) is 8.90. The number of aromatic nitrogens is 3. The number of aromatic amines is 1. The first-order valence-electron chi connectivity index (χ1n) is 11.5. The standard InChI is InChI=1S/C26H30N4O3/c1-15(2)24-19-12-17(26-30-29-23(33-26)14-18-6-5-11-27-18)7-9-20(19)28-25(24)16-8-10-21(31-3)22(13-16)32-4/h7-10,12-13,15,18,27-28H,5-6,11,14H2,1-4H3. The van der Waals surface area contributed by atoms with Crippen LogP contribution < -0.4 is 14.8 Å². The Labute approximate surface area is 193 Å². The normalized spacial score (nSPS) is 16.1. The summed E-state index contributed by atoms with van der Waals surface area (Å²) in [5, 5.41) is 13.3. The number of methoxy groups -OCH3 is 2. The van der Waals surface area contributed by atoms with Gasteiger partial charge in [-0.15, -0.1) is 10.2 Å². The van der Waals surface area contributed by atoms with Crippen LogP contribution >= 0.6 is 0 Å². The fourth-order valence-corrected chi connectivity index (χ4v) is 4.76. The van der Waals surface area contributed by atoms with E-state index in [0.29, 0.717) is 35.2 Å². The Morgan fingerprint density at radius 2 is 1.85 bits per heavy atom. The van der Waals surface area contributed by atoms with Crippen molar-refractivity contribution in [2.45, 2.75) is 45.1 Å². The van der Waals surface area contributed by atoms with Crippen LogP contribution in [-0.4, -0.2) is 42.0 Å². The molecule has 0 bridgehead atoms. The summed E-state index contributed by atoms with van der Waals surface area (Å²) in [6.45, 7) is 5.48. The summed E-state index contributed by atoms with van der Waals surface area (Å²) in [6.07, 6.45) is 3.14. The van der Waals surface area contributed by atoms with Gasteiger partial charge in [-0.05, 0) is 67.3 Å². The molecule has 5 rings (SSSR count). The molecular weight excluding hydrogens is 416 g/mol. The van der Waals surface area contributed by atoms with E-state index in [1.54, 1.807) is 14.2 Å². The molecule has 172 valence electrons. The van der Waals surface area contributed by atoms with Crippen molar-refractivity contribution in [1.82, 2.24) is 20.5 Å². The van der Waals surface area contributed by atoms with Gasteiger partial charge in [0.05, 0.1) is 19.9 Å². The molecule has 1 fully saturated rings. The van der Waals surface area contributed by atoms with Crippen LogP contribution in [0.4, 0.5) is 0 Å². The summed E-state index contributed by atoms with van der Waals surface area (Å²) >= 11 is 0. The number of hydrogen-bond acceptors (Lipinski definition) is 6. The fraction of sp³-hybridized carbons (Fsp3) is 0.385. The number of benzene rings is 2. The average Bonchev–Trinajstić information content (AvgIpc) is 3.58. The summed E-state index contributed by atoms with van der Waals surface area (Å²) < 4.78 is 17.0. The van der Waals surface area contributed by atoms with Gasteiger partial charge in [-0.1, -0.05) is 13.8 Å². The van der Waals surface area contributed by atoms with Crippen molar-refractivity contribution < 1.29 is 13.9 Å². The number of H-pyrrole nitrogens is 1. The quantitative estimate of drug-likeness (QED) is 0.400. The molecule has 7 heteroatoms. The van der Waals surface area contributed by atoms with Crippen LogP contribution in [0, 0.1) is 0 Å². The Hall–Kier alpha value is -3.32. The second-order valence-corrected chi connectivity index (χ2v) is 8.90. The minimum atomic E-state index is 0.309. The van der Waals surface area contributed by atoms with Gasteiger partial charge < -0.3 is 24.2 Å². The number of nitrogens with one attached hydrogen (secondary N) is 2. The highest BCUT2D eigenvalue weighted by atomic mass is 16.5. The van der Waals surface area contributed by atoms with E-state index < -0.39 is 0 Å². The lowest BCUT2D eigenvalue weighted by atomic mass is 9.95. The summed E-state index contributed by atoms with van der Waals surface area (Å²) in [5.41, 5.74) is 5.38. The summed E-state index contributed by atoms with van der Waals surface area (Å²) in [4.78, 5) is 3.61. The predicted octanol–water partition coefficient (Wildman–Crippen LogP) is 5.32. The molecule has 2 aromatic carbocycles. The molecule has 0 amide bonds. The van der Waals surface area contributed by atoms with Crippen LogP contribution in [-0.2, 0) is 6.42 Å². The van der Waals surface area contributed by atoms with E-state index >= 15 is 0 Å². The molecular formula is C26H30N4O3. The molecule has 2 aromatic heterocycles. The minimum Gasteiger partial charge on any atom is -0.493 e. The first kappa shape index (κ1) is 21.5. The van der Waals surface area contributed by atoms with Crippen LogP contribution in [0.5, 0.6) is 11.5 Å². The average molecular weight is 447 g/mol. The zero-order valence-electron chi connectivity index (χ0n) is 19.6. The predicted molar refractivity (Wildman–Crippen MR) is 129 cm³/mol. The maximum absolute atomic E-state index is 6.03. The largest absolute Gasteiger partial charge is 0.493 e. The minimum absolute atomic E-state index is 0.309. The van der Waals surface area contributed by atoms with Gasteiger partial charge in [-0.25, -0.2) is 0 Å². The Morgan fingerprint density at radius 3 is 2.58 bits per heavy atom. The molecule has 0 spiro atoms. The first-order valence-corrected chi connectivity index (χ1v) is 11.5. The molecule has 7 nitrogen and oxygen atoms in total. The van der Waals surface area contributed by atoms with Gasteiger partial charge in [0.1, 0.15) is 0 Å². The number of ether oxygens (including phenoxy) is 2. The van der Waals surface area contributed by atoms with Crippen LogP contribution in [0.1, 0.15) is 44.1 Å². The fourth-order valence-electron chi connectivity index (χ4n) is 4.76. The maximum atomic E-state index is 6.03. The van der Waals surface area contributed by atoms with Gasteiger partial charge >= 0.3 is 0 Å². The Kier molecular flexibility index (Phi) is 5.81. The lowest BCUT2D eigenvalue weighted by molar-refractivity contribution is 0.355. The number of rotatable bonds is 7. The molecule has 1 saturated heterocycles. The molecule has 0 aliphatic carbocycles. The monoisotopic (exact) mass is 446 g/mol. The first-order chi connectivity index (χ1) is 16.1. The SMILES string of the molecule is COc1ccc(-c2[nH]c3ccc(-c4nnc(CC5CCCN5)o4)cc3c2C(C)C)cc1OC. The van der Waals surface area contributed by atoms with Gasteiger partial charge in [0.15, 0.2) is 11.5 Å². The van der Waals surface area contributed by atoms with E-state index in [0.717, 1.165) is 47.1 Å². The van der Waals surface area contributed by atoms with Crippen molar-refractivity contribution in [2.75, 3.05) is 20.8 Å². The molecule has 4 aromatic rings. The lowest BCUT2D eigenvalue weighted by Crippen LogP contribution is -2.23. The van der Waals surface area contributed by atoms with Crippen molar-refractivity contribution in [3.8, 4) is 34.2 Å². The Balaban J connectivity index is 1.53. The third-order valence-electron chi connectivity index (χ3n) is 6.39. The van der Waals surface area contributed by atoms with Crippen molar-refractivity contribution in [1.29, 1.82) is 0 Å². The number of fused-ring (bicyclic) bond motifs is 1. The van der Waals surface area contributed by atoms with Gasteiger partial charge in [0.2, 0.25) is 11.8 Å². The zero-order chi connectivity index (χ0) is 22.9. The van der Waals surface area contributed by atoms with Crippen LogP contribution in [0.2, 0.25) is 0 Å². The summed E-state index contributed by atoms with van der Waals surface area (Å²) in [6, 6.07) is 12.7. The van der Waals surface area contributed by atoms with E-state index in [1.165, 1.54) is 12.0 Å². The third-order valence-corrected chi connectivity index (χ3v) is 6.39. The van der Waals surface area contributed by atoms with Gasteiger partial charge in [-0.2, -0.15) is 0 Å². The molecule has 0 saturated carbocycles. The van der Waals surface area contributed by atoms with E-state index in [2.05, 4.69) is 52.5 Å². The van der Waals surface area contributed by atoms with Crippen LogP contribution in [0.3, 0.4) is 0 Å². The van der Waals surface area contributed by atoms with E-state index in [9.17, 15) is 0 Å². The topological polar surface area (TPSA) is 85.2 Å². The zero-order valence-corrected chi connectivity index (χ0v) is 19.6. The van der Waals surface area contributed by atoms with Crippen molar-refractivity contribution in [3.63, 3.8) is 0 Å². The van der Waals surface area contributed by atoms with E-state index in [4.69, 9.17) is 13.9 Å². The number of nitrogens with zero attached hydrogens (tertiary/aromatic N) is 2. The van der Waals surface area contributed by atoms with Crippen LogP contribution in [0.25, 0.3) is 33.6 Å². The highest BCUT2D eigenvalue weighted by Gasteiger charge is 2.21. The third kappa shape index (κ3) is 4.09. The molecule has 1 atom stereocenters. The van der Waals surface area contributed by atoms with Crippen LogP contribution in [0.15, 0.2) is 40.8 Å². The van der Waals surface area contributed by atoms with Gasteiger partial charge in [0, 0.05) is 34.5 Å². The molecule has 1 aliphatic heterocycles. The highest BCUT2D eigenvalue weighted by molar-refractivity contribution is 5.94. The van der Waals surface area contributed by atoms with Gasteiger partial charge in [0.25, 0.3) is 0 Å². The number of hydrogen-bond donors (Lipinski definition) is 2. The van der Waals surface area contributed by atoms with Crippen molar-refractivity contribution in [3.05, 3.63) is 47.9 Å². The van der Waals surface area contributed by atoms with Gasteiger partial charge in [-0.3, -0.25) is 0 Å².